The number of hydrogen-bond donors (Lipinski definition) is 0. The number of aryl methyl sites for hydroxylation is 1. The summed E-state index contributed by atoms with van der Waals surface area (Å²) < 4.78 is 2.23. The molecule has 0 radical (unpaired) electrons. The molecule has 0 atom stereocenters. The van der Waals surface area contributed by atoms with E-state index >= 15 is 0 Å². The number of benzene rings is 1. The van der Waals surface area contributed by atoms with Crippen LogP contribution in [0.2, 0.25) is 0 Å². The Kier molecular flexibility index (Phi) is 10.00. The topological polar surface area (TPSA) is 3.88 Å². The smallest absolute Gasteiger partial charge is 0.167 e. The molecule has 0 aliphatic heterocycles. The van der Waals surface area contributed by atoms with Crippen LogP contribution in [-0.2, 0) is 6.42 Å². The van der Waals surface area contributed by atoms with E-state index in [4.69, 9.17) is 0 Å². The second-order valence-electron chi connectivity index (χ2n) is 7.24. The largest absolute Gasteiger partial charge is 0.210 e. The van der Waals surface area contributed by atoms with Gasteiger partial charge in [0.25, 0.3) is 0 Å². The molecule has 2 aromatic rings. The van der Waals surface area contributed by atoms with Crippen molar-refractivity contribution < 1.29 is 4.57 Å². The van der Waals surface area contributed by atoms with Crippen LogP contribution in [0.4, 0.5) is 0 Å². The standard InChI is InChI=1S/C24H36N/c1-2-3-4-5-6-7-8-9-10-11-13-17-23-18-16-21-25(22-23)24-19-14-12-15-20-24/h12,14-16,18-22H,2-11,13,17H2,1H3/q+1. The van der Waals surface area contributed by atoms with E-state index in [1.807, 2.05) is 0 Å². The summed E-state index contributed by atoms with van der Waals surface area (Å²) in [7, 11) is 0. The summed E-state index contributed by atoms with van der Waals surface area (Å²) in [5, 5.41) is 0. The Balaban J connectivity index is 1.55. The summed E-state index contributed by atoms with van der Waals surface area (Å²) in [5.41, 5.74) is 2.69. The molecule has 0 amide bonds. The Labute approximate surface area is 155 Å². The third kappa shape index (κ3) is 8.34. The zero-order valence-electron chi connectivity index (χ0n) is 16.1. The van der Waals surface area contributed by atoms with E-state index in [2.05, 4.69) is 66.3 Å². The van der Waals surface area contributed by atoms with Crippen LogP contribution in [0.25, 0.3) is 5.69 Å². The van der Waals surface area contributed by atoms with E-state index in [0.29, 0.717) is 0 Å². The van der Waals surface area contributed by atoms with Gasteiger partial charge in [-0.25, -0.2) is 0 Å². The van der Waals surface area contributed by atoms with Gasteiger partial charge in [0.2, 0.25) is 5.69 Å². The minimum absolute atomic E-state index is 1.20. The van der Waals surface area contributed by atoms with Crippen LogP contribution in [0, 0.1) is 0 Å². The second kappa shape index (κ2) is 12.7. The predicted octanol–water partition coefficient (Wildman–Crippen LogP) is 6.82. The van der Waals surface area contributed by atoms with Crippen molar-refractivity contribution in [3.05, 3.63) is 60.4 Å². The van der Waals surface area contributed by atoms with Crippen molar-refractivity contribution in [2.24, 2.45) is 0 Å². The third-order valence-corrected chi connectivity index (χ3v) is 4.99. The molecule has 1 heteroatoms. The molecular weight excluding hydrogens is 302 g/mol. The van der Waals surface area contributed by atoms with Gasteiger partial charge in [-0.3, -0.25) is 0 Å². The average molecular weight is 339 g/mol. The van der Waals surface area contributed by atoms with Gasteiger partial charge >= 0.3 is 0 Å². The van der Waals surface area contributed by atoms with Gasteiger partial charge < -0.3 is 0 Å². The van der Waals surface area contributed by atoms with Crippen molar-refractivity contribution >= 4 is 0 Å². The number of para-hydroxylation sites is 1. The molecule has 1 aromatic heterocycles. The molecule has 2 rings (SSSR count). The molecule has 0 fully saturated rings. The van der Waals surface area contributed by atoms with E-state index in [1.54, 1.807) is 0 Å². The summed E-state index contributed by atoms with van der Waals surface area (Å²) in [6.07, 6.45) is 21.1. The number of pyridine rings is 1. The molecule has 0 N–H and O–H groups in total. The molecule has 0 unspecified atom stereocenters. The van der Waals surface area contributed by atoms with E-state index in [0.717, 1.165) is 0 Å². The van der Waals surface area contributed by atoms with Crippen LogP contribution in [0.5, 0.6) is 0 Å². The van der Waals surface area contributed by atoms with Crippen LogP contribution < -0.4 is 4.57 Å². The second-order valence-corrected chi connectivity index (χ2v) is 7.24. The Bertz CT molecular complexity index is 561. The molecule has 1 heterocycles. The summed E-state index contributed by atoms with van der Waals surface area (Å²) in [6.45, 7) is 2.29. The van der Waals surface area contributed by atoms with E-state index < -0.39 is 0 Å². The molecule has 0 saturated heterocycles. The third-order valence-electron chi connectivity index (χ3n) is 4.99. The SMILES string of the molecule is CCCCCCCCCCCCCc1ccc[n+](-c2ccccc2)c1. The Morgan fingerprint density at radius 1 is 0.640 bits per heavy atom. The average Bonchev–Trinajstić information content (AvgIpc) is 2.67. The van der Waals surface area contributed by atoms with Crippen molar-refractivity contribution in [3.63, 3.8) is 0 Å². The molecule has 1 aromatic carbocycles. The van der Waals surface area contributed by atoms with Crippen molar-refractivity contribution in [1.29, 1.82) is 0 Å². The molecule has 0 aliphatic rings. The number of unbranched alkanes of at least 4 members (excludes halogenated alkanes) is 10. The van der Waals surface area contributed by atoms with Crippen LogP contribution in [0.15, 0.2) is 54.9 Å². The Hall–Kier alpha value is -1.63. The quantitative estimate of drug-likeness (QED) is 0.279. The highest BCUT2D eigenvalue weighted by atomic mass is 14.9. The summed E-state index contributed by atoms with van der Waals surface area (Å²) in [6, 6.07) is 15.0. The lowest BCUT2D eigenvalue weighted by Gasteiger charge is -2.03. The predicted molar refractivity (Wildman–Crippen MR) is 108 cm³/mol. The first-order valence-corrected chi connectivity index (χ1v) is 10.5. The van der Waals surface area contributed by atoms with E-state index in [9.17, 15) is 0 Å². The van der Waals surface area contributed by atoms with Crippen molar-refractivity contribution in [3.8, 4) is 5.69 Å². The van der Waals surface area contributed by atoms with Gasteiger partial charge in [-0.05, 0) is 18.9 Å². The van der Waals surface area contributed by atoms with Gasteiger partial charge in [0.1, 0.15) is 0 Å². The fourth-order valence-electron chi connectivity index (χ4n) is 3.43. The van der Waals surface area contributed by atoms with Gasteiger partial charge in [0.05, 0.1) is 0 Å². The van der Waals surface area contributed by atoms with Gasteiger partial charge in [0, 0.05) is 23.8 Å². The highest BCUT2D eigenvalue weighted by Gasteiger charge is 2.05. The van der Waals surface area contributed by atoms with Crippen molar-refractivity contribution in [1.82, 2.24) is 0 Å². The van der Waals surface area contributed by atoms with Crippen molar-refractivity contribution in [2.45, 2.75) is 84.0 Å². The van der Waals surface area contributed by atoms with Gasteiger partial charge in [-0.1, -0.05) is 89.3 Å². The number of hydrogen-bond acceptors (Lipinski definition) is 0. The minimum Gasteiger partial charge on any atom is -0.167 e. The van der Waals surface area contributed by atoms with Crippen LogP contribution in [-0.4, -0.2) is 0 Å². The fraction of sp³-hybridized carbons (Fsp3) is 0.542. The van der Waals surface area contributed by atoms with Gasteiger partial charge in [-0.2, -0.15) is 4.57 Å². The first kappa shape index (κ1) is 19.7. The Morgan fingerprint density at radius 2 is 1.24 bits per heavy atom. The molecule has 1 nitrogen and oxygen atoms in total. The highest BCUT2D eigenvalue weighted by Crippen LogP contribution is 2.12. The fourth-order valence-corrected chi connectivity index (χ4v) is 3.43. The normalized spacial score (nSPS) is 10.9. The van der Waals surface area contributed by atoms with Crippen LogP contribution in [0.3, 0.4) is 0 Å². The first-order valence-electron chi connectivity index (χ1n) is 10.5. The van der Waals surface area contributed by atoms with Crippen LogP contribution >= 0.6 is 0 Å². The molecule has 0 bridgehead atoms. The molecule has 0 spiro atoms. The van der Waals surface area contributed by atoms with E-state index in [1.165, 1.54) is 88.3 Å². The summed E-state index contributed by atoms with van der Waals surface area (Å²) in [5.74, 6) is 0. The van der Waals surface area contributed by atoms with Gasteiger partial charge in [-0.15, -0.1) is 0 Å². The molecule has 136 valence electrons. The number of rotatable bonds is 13. The molecule has 25 heavy (non-hydrogen) atoms. The van der Waals surface area contributed by atoms with Gasteiger partial charge in [0.15, 0.2) is 12.4 Å². The number of nitrogens with zero attached hydrogens (tertiary/aromatic N) is 1. The maximum Gasteiger partial charge on any atom is 0.210 e. The maximum absolute atomic E-state index is 2.29. The minimum atomic E-state index is 1.20. The lowest BCUT2D eigenvalue weighted by atomic mass is 10.0. The van der Waals surface area contributed by atoms with E-state index in [-0.39, 0.29) is 0 Å². The van der Waals surface area contributed by atoms with Crippen LogP contribution in [0.1, 0.15) is 83.1 Å². The first-order chi connectivity index (χ1) is 12.4. The molecule has 0 saturated carbocycles. The lowest BCUT2D eigenvalue weighted by molar-refractivity contribution is -0.596. The maximum atomic E-state index is 2.29. The molecular formula is C24H36N+. The number of aromatic nitrogens is 1. The highest BCUT2D eigenvalue weighted by molar-refractivity contribution is 5.22. The molecule has 0 aliphatic carbocycles. The summed E-state index contributed by atoms with van der Waals surface area (Å²) in [4.78, 5) is 0. The van der Waals surface area contributed by atoms with Crippen molar-refractivity contribution in [2.75, 3.05) is 0 Å². The zero-order chi connectivity index (χ0) is 17.6. The Morgan fingerprint density at radius 3 is 1.88 bits per heavy atom. The lowest BCUT2D eigenvalue weighted by Crippen LogP contribution is -2.29. The zero-order valence-corrected chi connectivity index (χ0v) is 16.1. The summed E-state index contributed by atoms with van der Waals surface area (Å²) >= 11 is 0. The monoisotopic (exact) mass is 338 g/mol.